The molecular weight excluding hydrogens is 301 g/mol. The number of esters is 1. The third-order valence-electron chi connectivity index (χ3n) is 2.16. The molecule has 0 saturated heterocycles. The highest BCUT2D eigenvalue weighted by Gasteiger charge is 2.37. The molecule has 0 spiro atoms. The van der Waals surface area contributed by atoms with Crippen LogP contribution in [0.1, 0.15) is 5.69 Å². The second kappa shape index (κ2) is 6.24. The number of hydrogen-bond donors (Lipinski definition) is 0. The highest BCUT2D eigenvalue weighted by molar-refractivity contribution is 5.73. The number of nitro groups is 1. The molecule has 1 aromatic rings. The number of aromatic nitrogens is 1. The van der Waals surface area contributed by atoms with Gasteiger partial charge in [0.2, 0.25) is 11.4 Å². The standard InChI is InChI=1S/C10H9F3N2O6/c1-19-6-4-7(15(17)18)14-5(3-8(16)20-2)9(6)21-10(11,12)13/h4H,3H2,1-2H3. The number of halogens is 3. The van der Waals surface area contributed by atoms with Gasteiger partial charge in [-0.3, -0.25) is 4.79 Å². The monoisotopic (exact) mass is 310 g/mol. The number of hydrogen-bond acceptors (Lipinski definition) is 7. The van der Waals surface area contributed by atoms with Gasteiger partial charge in [0.1, 0.15) is 6.42 Å². The lowest BCUT2D eigenvalue weighted by molar-refractivity contribution is -0.389. The van der Waals surface area contributed by atoms with E-state index in [1.54, 1.807) is 0 Å². The predicted octanol–water partition coefficient (Wildman–Crippen LogP) is 1.61. The summed E-state index contributed by atoms with van der Waals surface area (Å²) in [6.45, 7) is 0. The first kappa shape index (κ1) is 16.5. The molecule has 0 saturated carbocycles. The molecule has 0 aromatic carbocycles. The summed E-state index contributed by atoms with van der Waals surface area (Å²) in [5.41, 5.74) is -0.620. The van der Waals surface area contributed by atoms with Gasteiger partial charge < -0.3 is 24.3 Å². The third kappa shape index (κ3) is 4.47. The summed E-state index contributed by atoms with van der Waals surface area (Å²) >= 11 is 0. The van der Waals surface area contributed by atoms with E-state index >= 15 is 0 Å². The van der Waals surface area contributed by atoms with Crippen LogP contribution in [0.25, 0.3) is 0 Å². The Morgan fingerprint density at radius 2 is 2.05 bits per heavy atom. The summed E-state index contributed by atoms with van der Waals surface area (Å²) in [5, 5.41) is 10.7. The van der Waals surface area contributed by atoms with Crippen LogP contribution in [-0.4, -0.2) is 36.5 Å². The third-order valence-corrected chi connectivity index (χ3v) is 2.16. The van der Waals surface area contributed by atoms with Gasteiger partial charge in [-0.25, -0.2) is 0 Å². The first-order chi connectivity index (χ1) is 9.67. The lowest BCUT2D eigenvalue weighted by Gasteiger charge is -2.13. The summed E-state index contributed by atoms with van der Waals surface area (Å²) in [7, 11) is 1.99. The van der Waals surface area contributed by atoms with Crippen molar-refractivity contribution in [3.05, 3.63) is 21.9 Å². The van der Waals surface area contributed by atoms with E-state index in [9.17, 15) is 28.1 Å². The highest BCUT2D eigenvalue weighted by Crippen LogP contribution is 2.37. The van der Waals surface area contributed by atoms with E-state index in [0.29, 0.717) is 6.07 Å². The first-order valence-corrected chi connectivity index (χ1v) is 5.22. The fraction of sp³-hybridized carbons (Fsp3) is 0.400. The SMILES string of the molecule is COC(=O)Cc1nc([N+](=O)[O-])cc(OC)c1OC(F)(F)F. The topological polar surface area (TPSA) is 101 Å². The van der Waals surface area contributed by atoms with Gasteiger partial charge in [-0.05, 0) is 9.91 Å². The van der Waals surface area contributed by atoms with Crippen LogP contribution in [0, 0.1) is 10.1 Å². The van der Waals surface area contributed by atoms with E-state index in [1.165, 1.54) is 0 Å². The Morgan fingerprint density at radius 3 is 2.48 bits per heavy atom. The Balaban J connectivity index is 3.41. The van der Waals surface area contributed by atoms with Crippen LogP contribution in [0.2, 0.25) is 0 Å². The number of alkyl halides is 3. The lowest BCUT2D eigenvalue weighted by Crippen LogP contribution is -2.20. The number of pyridine rings is 1. The largest absolute Gasteiger partial charge is 0.573 e. The van der Waals surface area contributed by atoms with Gasteiger partial charge in [0, 0.05) is 0 Å². The molecule has 8 nitrogen and oxygen atoms in total. The Labute approximate surface area is 115 Å². The van der Waals surface area contributed by atoms with Crippen molar-refractivity contribution < 1.29 is 37.1 Å². The van der Waals surface area contributed by atoms with Gasteiger partial charge in [0.15, 0.2) is 5.75 Å². The molecule has 1 aromatic heterocycles. The molecule has 0 unspecified atom stereocenters. The molecule has 11 heteroatoms. The fourth-order valence-electron chi connectivity index (χ4n) is 1.35. The maximum absolute atomic E-state index is 12.4. The van der Waals surface area contributed by atoms with Crippen molar-refractivity contribution in [1.82, 2.24) is 4.98 Å². The van der Waals surface area contributed by atoms with E-state index in [0.717, 1.165) is 14.2 Å². The molecule has 0 aliphatic heterocycles. The van der Waals surface area contributed by atoms with Crippen LogP contribution in [0.4, 0.5) is 19.0 Å². The van der Waals surface area contributed by atoms with Crippen molar-refractivity contribution in [3.63, 3.8) is 0 Å². The van der Waals surface area contributed by atoms with Crippen molar-refractivity contribution in [3.8, 4) is 11.5 Å². The minimum absolute atomic E-state index is 0.576. The molecular formula is C10H9F3N2O6. The minimum Gasteiger partial charge on any atom is -0.492 e. The van der Waals surface area contributed by atoms with Crippen LogP contribution >= 0.6 is 0 Å². The molecule has 0 radical (unpaired) electrons. The number of carbonyl (C=O) groups excluding carboxylic acids is 1. The van der Waals surface area contributed by atoms with Crippen LogP contribution in [-0.2, 0) is 16.0 Å². The zero-order valence-electron chi connectivity index (χ0n) is 10.8. The average Bonchev–Trinajstić information content (AvgIpc) is 2.38. The molecule has 21 heavy (non-hydrogen) atoms. The normalized spacial score (nSPS) is 10.9. The van der Waals surface area contributed by atoms with E-state index in [-0.39, 0.29) is 0 Å². The summed E-state index contributed by atoms with van der Waals surface area (Å²) in [6.07, 6.45) is -5.84. The second-order valence-corrected chi connectivity index (χ2v) is 3.52. The summed E-state index contributed by atoms with van der Waals surface area (Å²) in [5.74, 6) is -3.24. The Hall–Kier alpha value is -2.59. The zero-order chi connectivity index (χ0) is 16.2. The highest BCUT2D eigenvalue weighted by atomic mass is 19.4. The van der Waals surface area contributed by atoms with Crippen LogP contribution in [0.5, 0.6) is 11.5 Å². The van der Waals surface area contributed by atoms with Crippen LogP contribution in [0.15, 0.2) is 6.07 Å². The Morgan fingerprint density at radius 1 is 1.43 bits per heavy atom. The number of rotatable bonds is 5. The van der Waals surface area contributed by atoms with Gasteiger partial charge in [0.25, 0.3) is 0 Å². The van der Waals surface area contributed by atoms with Gasteiger partial charge in [-0.1, -0.05) is 0 Å². The van der Waals surface area contributed by atoms with E-state index in [4.69, 9.17) is 0 Å². The number of carbonyl (C=O) groups is 1. The quantitative estimate of drug-likeness (QED) is 0.462. The van der Waals surface area contributed by atoms with Crippen LogP contribution < -0.4 is 9.47 Å². The molecule has 116 valence electrons. The first-order valence-electron chi connectivity index (χ1n) is 5.22. The van der Waals surface area contributed by atoms with Gasteiger partial charge in [0.05, 0.1) is 20.3 Å². The fourth-order valence-corrected chi connectivity index (χ4v) is 1.35. The van der Waals surface area contributed by atoms with E-state index < -0.39 is 46.7 Å². The number of nitrogens with zero attached hydrogens (tertiary/aromatic N) is 2. The molecule has 0 aliphatic carbocycles. The predicted molar refractivity (Wildman–Crippen MR) is 59.8 cm³/mol. The van der Waals surface area contributed by atoms with Gasteiger partial charge in [-0.2, -0.15) is 0 Å². The van der Waals surface area contributed by atoms with Crippen molar-refractivity contribution in [2.45, 2.75) is 12.8 Å². The molecule has 0 bridgehead atoms. The van der Waals surface area contributed by atoms with Gasteiger partial charge >= 0.3 is 18.1 Å². The van der Waals surface area contributed by atoms with Crippen molar-refractivity contribution in [2.24, 2.45) is 0 Å². The Bertz CT molecular complexity index is 560. The van der Waals surface area contributed by atoms with Crippen molar-refractivity contribution in [2.75, 3.05) is 14.2 Å². The summed E-state index contributed by atoms with van der Waals surface area (Å²) in [4.78, 5) is 24.3. The maximum Gasteiger partial charge on any atom is 0.573 e. The van der Waals surface area contributed by atoms with Crippen LogP contribution in [0.3, 0.4) is 0 Å². The molecule has 1 heterocycles. The maximum atomic E-state index is 12.4. The minimum atomic E-state index is -5.09. The van der Waals surface area contributed by atoms with E-state index in [2.05, 4.69) is 19.2 Å². The van der Waals surface area contributed by atoms with Gasteiger partial charge in [-0.15, -0.1) is 13.2 Å². The molecule has 0 fully saturated rings. The number of ether oxygens (including phenoxy) is 3. The molecule has 0 amide bonds. The average molecular weight is 310 g/mol. The van der Waals surface area contributed by atoms with Crippen molar-refractivity contribution >= 4 is 11.8 Å². The second-order valence-electron chi connectivity index (χ2n) is 3.52. The summed E-state index contributed by atoms with van der Waals surface area (Å²) < 4.78 is 49.7. The molecule has 0 N–H and O–H groups in total. The molecule has 1 rings (SSSR count). The number of methoxy groups -OCH3 is 2. The summed E-state index contributed by atoms with van der Waals surface area (Å²) in [6, 6.07) is 0.655. The van der Waals surface area contributed by atoms with E-state index in [1.807, 2.05) is 0 Å². The lowest BCUT2D eigenvalue weighted by atomic mass is 10.2. The Kier molecular flexibility index (Phi) is 4.89. The molecule has 0 atom stereocenters. The smallest absolute Gasteiger partial charge is 0.492 e. The van der Waals surface area contributed by atoms with Crippen molar-refractivity contribution in [1.29, 1.82) is 0 Å². The zero-order valence-corrected chi connectivity index (χ0v) is 10.8. The molecule has 0 aliphatic rings.